The lowest BCUT2D eigenvalue weighted by atomic mass is 10.0. The normalized spacial score (nSPS) is 12.9. The van der Waals surface area contributed by atoms with Gasteiger partial charge < -0.3 is 20.3 Å². The van der Waals surface area contributed by atoms with E-state index in [-0.39, 0.29) is 18.5 Å². The van der Waals surface area contributed by atoms with Crippen molar-refractivity contribution in [2.24, 2.45) is 0 Å². The second kappa shape index (κ2) is 53.7. The van der Waals surface area contributed by atoms with Crippen LogP contribution in [0.5, 0.6) is 0 Å². The van der Waals surface area contributed by atoms with Gasteiger partial charge in [0.25, 0.3) is 0 Å². The van der Waals surface area contributed by atoms with Gasteiger partial charge >= 0.3 is 5.97 Å². The zero-order valence-electron chi connectivity index (χ0n) is 42.8. The summed E-state index contributed by atoms with van der Waals surface area (Å²) in [6, 6.07) is -0.629. The van der Waals surface area contributed by atoms with Crippen LogP contribution in [-0.2, 0) is 14.3 Å². The van der Waals surface area contributed by atoms with E-state index in [0.717, 1.165) is 51.4 Å². The van der Waals surface area contributed by atoms with E-state index in [1.54, 1.807) is 6.08 Å². The molecule has 64 heavy (non-hydrogen) atoms. The van der Waals surface area contributed by atoms with Crippen molar-refractivity contribution in [2.45, 2.75) is 309 Å². The molecule has 1 amide bonds. The molecule has 2 atom stereocenters. The number of amides is 1. The second-order valence-corrected chi connectivity index (χ2v) is 19.3. The number of allylic oxidation sites excluding steroid dienone is 5. The maximum atomic E-state index is 12.4. The Labute approximate surface area is 398 Å². The molecule has 2 unspecified atom stereocenters. The monoisotopic (exact) mass is 900 g/mol. The van der Waals surface area contributed by atoms with Gasteiger partial charge in [-0.25, -0.2) is 0 Å². The summed E-state index contributed by atoms with van der Waals surface area (Å²) in [6.07, 6.45) is 65.9. The van der Waals surface area contributed by atoms with Crippen molar-refractivity contribution < 1.29 is 24.5 Å². The van der Waals surface area contributed by atoms with Gasteiger partial charge in [-0.1, -0.05) is 262 Å². The van der Waals surface area contributed by atoms with E-state index in [2.05, 4.69) is 43.5 Å². The molecular formula is C58H109NO5. The molecule has 6 heteroatoms. The largest absolute Gasteiger partial charge is 0.466 e. The number of rotatable bonds is 52. The third-order valence-corrected chi connectivity index (χ3v) is 12.9. The van der Waals surface area contributed by atoms with Crippen LogP contribution in [0, 0.1) is 0 Å². The van der Waals surface area contributed by atoms with Crippen molar-refractivity contribution >= 4 is 11.9 Å². The number of carbonyl (C=O) groups excluding carboxylic acids is 2. The summed E-state index contributed by atoms with van der Waals surface area (Å²) < 4.78 is 5.46. The molecule has 0 saturated heterocycles. The highest BCUT2D eigenvalue weighted by molar-refractivity contribution is 5.76. The van der Waals surface area contributed by atoms with E-state index in [0.29, 0.717) is 19.4 Å². The molecule has 0 heterocycles. The lowest BCUT2D eigenvalue weighted by Gasteiger charge is -2.20. The summed E-state index contributed by atoms with van der Waals surface area (Å²) in [7, 11) is 0. The zero-order chi connectivity index (χ0) is 46.5. The molecule has 0 spiro atoms. The average Bonchev–Trinajstić information content (AvgIpc) is 3.29. The summed E-state index contributed by atoms with van der Waals surface area (Å²) in [4.78, 5) is 24.5. The Morgan fingerprint density at radius 1 is 0.438 bits per heavy atom. The molecule has 0 aliphatic heterocycles. The van der Waals surface area contributed by atoms with Gasteiger partial charge in [-0.3, -0.25) is 9.59 Å². The first-order chi connectivity index (χ1) is 31.5. The Bertz CT molecular complexity index is 1040. The summed E-state index contributed by atoms with van der Waals surface area (Å²) in [5.41, 5.74) is 0. The fourth-order valence-corrected chi connectivity index (χ4v) is 8.55. The lowest BCUT2D eigenvalue weighted by molar-refractivity contribution is -0.143. The Morgan fingerprint density at radius 2 is 0.812 bits per heavy atom. The third kappa shape index (κ3) is 49.5. The maximum absolute atomic E-state index is 12.4. The Balaban J connectivity index is 3.42. The average molecular weight is 901 g/mol. The minimum Gasteiger partial charge on any atom is -0.466 e. The topological polar surface area (TPSA) is 95.9 Å². The minimum atomic E-state index is -0.845. The van der Waals surface area contributed by atoms with Crippen molar-refractivity contribution in [3.05, 3.63) is 36.5 Å². The fourth-order valence-electron chi connectivity index (χ4n) is 8.55. The van der Waals surface area contributed by atoms with E-state index in [1.165, 1.54) is 218 Å². The van der Waals surface area contributed by atoms with Crippen LogP contribution in [0.15, 0.2) is 36.5 Å². The van der Waals surface area contributed by atoms with Gasteiger partial charge in [-0.05, 0) is 57.8 Å². The number of hydrogen-bond donors (Lipinski definition) is 3. The first-order valence-electron chi connectivity index (χ1n) is 28.3. The summed E-state index contributed by atoms with van der Waals surface area (Å²) in [5, 5.41) is 23.1. The highest BCUT2D eigenvalue weighted by Gasteiger charge is 2.18. The van der Waals surface area contributed by atoms with Crippen LogP contribution in [0.4, 0.5) is 0 Å². The molecule has 0 aromatic rings. The lowest BCUT2D eigenvalue weighted by Crippen LogP contribution is -2.45. The summed E-state index contributed by atoms with van der Waals surface area (Å²) in [5.74, 6) is -0.0758. The first-order valence-corrected chi connectivity index (χ1v) is 28.3. The Kier molecular flexibility index (Phi) is 52.1. The van der Waals surface area contributed by atoms with Gasteiger partial charge in [0, 0.05) is 12.8 Å². The van der Waals surface area contributed by atoms with Gasteiger partial charge in [0.05, 0.1) is 25.4 Å². The smallest absolute Gasteiger partial charge is 0.305 e. The van der Waals surface area contributed by atoms with Crippen LogP contribution >= 0.6 is 0 Å². The maximum Gasteiger partial charge on any atom is 0.305 e. The number of hydrogen-bond acceptors (Lipinski definition) is 5. The molecule has 0 aliphatic rings. The molecule has 0 saturated carbocycles. The van der Waals surface area contributed by atoms with Gasteiger partial charge in [-0.2, -0.15) is 0 Å². The molecular weight excluding hydrogens is 791 g/mol. The standard InChI is InChI=1S/C58H109NO5/c1-3-5-7-9-11-13-15-17-27-30-34-38-42-46-50-56(61)55(54-60)59-57(62)51-47-43-39-35-31-28-24-22-20-18-19-21-23-25-29-33-37-41-45-49-53-64-58(63)52-48-44-40-36-32-26-16-14-12-10-8-6-4-2/h8,10,14,16,46,50,55-56,60-61H,3-7,9,11-13,15,17-45,47-49,51-54H2,1-2H3,(H,59,62)/b10-8-,16-14-,50-46+. The van der Waals surface area contributed by atoms with Gasteiger partial charge in [0.2, 0.25) is 5.91 Å². The molecule has 0 aromatic heterocycles. The number of esters is 1. The number of carbonyl (C=O) groups is 2. The molecule has 0 aliphatic carbocycles. The van der Waals surface area contributed by atoms with Crippen molar-refractivity contribution in [3.63, 3.8) is 0 Å². The van der Waals surface area contributed by atoms with Gasteiger partial charge in [-0.15, -0.1) is 0 Å². The van der Waals surface area contributed by atoms with Crippen LogP contribution in [0.3, 0.4) is 0 Å². The van der Waals surface area contributed by atoms with Crippen LogP contribution in [0.25, 0.3) is 0 Å². The van der Waals surface area contributed by atoms with E-state index in [9.17, 15) is 19.8 Å². The zero-order valence-corrected chi connectivity index (χ0v) is 42.8. The summed E-state index contributed by atoms with van der Waals surface area (Å²) in [6.45, 7) is 4.83. The fraction of sp³-hybridized carbons (Fsp3) is 0.862. The summed E-state index contributed by atoms with van der Waals surface area (Å²) >= 11 is 0. The second-order valence-electron chi connectivity index (χ2n) is 19.3. The van der Waals surface area contributed by atoms with E-state index in [1.807, 2.05) is 6.08 Å². The Morgan fingerprint density at radius 3 is 1.25 bits per heavy atom. The quantitative estimate of drug-likeness (QED) is 0.0321. The highest BCUT2D eigenvalue weighted by atomic mass is 16.5. The van der Waals surface area contributed by atoms with Crippen LogP contribution in [-0.4, -0.2) is 47.4 Å². The number of aliphatic hydroxyl groups excluding tert-OH is 2. The van der Waals surface area contributed by atoms with Crippen molar-refractivity contribution in [2.75, 3.05) is 13.2 Å². The van der Waals surface area contributed by atoms with Crippen LogP contribution < -0.4 is 5.32 Å². The SMILES string of the molecule is CCC/C=C\C/C=C\CCCCCCCC(=O)OCCCCCCCCCCCCCCCCCCCCCCC(=O)NC(CO)C(O)/C=C/CCCCCCCCCCCCCC. The van der Waals surface area contributed by atoms with Gasteiger partial charge in [0.1, 0.15) is 0 Å². The molecule has 0 rings (SSSR count). The van der Waals surface area contributed by atoms with Crippen molar-refractivity contribution in [3.8, 4) is 0 Å². The van der Waals surface area contributed by atoms with E-state index < -0.39 is 12.1 Å². The first kappa shape index (κ1) is 62.1. The molecule has 0 fully saturated rings. The van der Waals surface area contributed by atoms with Crippen molar-refractivity contribution in [1.29, 1.82) is 0 Å². The molecule has 0 bridgehead atoms. The minimum absolute atomic E-state index is 0.00578. The predicted octanol–water partition coefficient (Wildman–Crippen LogP) is 17.2. The number of aliphatic hydroxyl groups is 2. The molecule has 3 N–H and O–H groups in total. The number of nitrogens with one attached hydrogen (secondary N) is 1. The third-order valence-electron chi connectivity index (χ3n) is 12.9. The van der Waals surface area contributed by atoms with Crippen LogP contribution in [0.2, 0.25) is 0 Å². The predicted molar refractivity (Wildman–Crippen MR) is 278 cm³/mol. The van der Waals surface area contributed by atoms with Crippen molar-refractivity contribution in [1.82, 2.24) is 5.32 Å². The molecule has 6 nitrogen and oxygen atoms in total. The number of ether oxygens (including phenoxy) is 1. The molecule has 0 aromatic carbocycles. The molecule has 376 valence electrons. The number of unbranched alkanes of at least 4 members (excludes halogenated alkanes) is 37. The van der Waals surface area contributed by atoms with E-state index in [4.69, 9.17) is 4.74 Å². The highest BCUT2D eigenvalue weighted by Crippen LogP contribution is 2.17. The van der Waals surface area contributed by atoms with Gasteiger partial charge in [0.15, 0.2) is 0 Å². The van der Waals surface area contributed by atoms with E-state index >= 15 is 0 Å². The van der Waals surface area contributed by atoms with Crippen LogP contribution in [0.1, 0.15) is 296 Å². The molecule has 0 radical (unpaired) electrons. The Hall–Kier alpha value is -1.92.